The number of hydrogen-bond acceptors (Lipinski definition) is 6. The molecule has 15 aromatic rings. The molecular formula is C70H39N3O2S. The van der Waals surface area contributed by atoms with Gasteiger partial charge in [-0.05, 0) is 121 Å². The average molecular weight is 986 g/mol. The summed E-state index contributed by atoms with van der Waals surface area (Å²) >= 11 is 1.77. The first-order valence-electron chi connectivity index (χ1n) is 25.7. The molecule has 0 amide bonds. The van der Waals surface area contributed by atoms with Crippen LogP contribution in [0.3, 0.4) is 0 Å². The molecule has 76 heavy (non-hydrogen) atoms. The Hall–Kier alpha value is -9.75. The molecule has 0 N–H and O–H groups in total. The number of furan rings is 2. The minimum absolute atomic E-state index is 0.405. The fourth-order valence-corrected chi connectivity index (χ4v) is 14.3. The summed E-state index contributed by atoms with van der Waals surface area (Å²) in [6.07, 6.45) is 0. The summed E-state index contributed by atoms with van der Waals surface area (Å²) in [5, 5.41) is 6.30. The molecule has 1 spiro atoms. The zero-order valence-electron chi connectivity index (χ0n) is 40.6. The summed E-state index contributed by atoms with van der Waals surface area (Å²) in [5.41, 5.74) is 20.2. The minimum Gasteiger partial charge on any atom is -0.456 e. The molecule has 0 bridgehead atoms. The van der Waals surface area contributed by atoms with Crippen LogP contribution in [0.25, 0.3) is 143 Å². The van der Waals surface area contributed by atoms with Gasteiger partial charge in [0.25, 0.3) is 0 Å². The van der Waals surface area contributed by atoms with Crippen LogP contribution >= 0.6 is 11.3 Å². The second kappa shape index (κ2) is 15.6. The van der Waals surface area contributed by atoms with Gasteiger partial charge in [-0.25, -0.2) is 15.0 Å². The van der Waals surface area contributed by atoms with E-state index >= 15 is 0 Å². The lowest BCUT2D eigenvalue weighted by Crippen LogP contribution is -2.25. The maximum atomic E-state index is 6.69. The van der Waals surface area contributed by atoms with Crippen LogP contribution in [0, 0.1) is 0 Å². The zero-order chi connectivity index (χ0) is 49.6. The minimum atomic E-state index is -0.405. The molecule has 0 aliphatic heterocycles. The normalized spacial score (nSPS) is 13.1. The Morgan fingerprint density at radius 2 is 0.803 bits per heavy atom. The Bertz CT molecular complexity index is 4930. The third-order valence-corrected chi connectivity index (χ3v) is 17.4. The largest absolute Gasteiger partial charge is 0.456 e. The van der Waals surface area contributed by atoms with Crippen molar-refractivity contribution < 1.29 is 8.83 Å². The SMILES string of the molecule is c1cc(-c2ccc3c(c2)-c2ccccc2C32c3ccccc3-c3ccccc32)cc(-c2ccc3oc4ccccc4c3c2-c2nc(-c3cccc4c3sc3ccccc34)nc(-c3cccc4oc5ccccc5c34)n2)c1. The second-order valence-electron chi connectivity index (χ2n) is 20.1. The zero-order valence-corrected chi connectivity index (χ0v) is 41.4. The van der Waals surface area contributed by atoms with E-state index in [9.17, 15) is 0 Å². The van der Waals surface area contributed by atoms with Crippen molar-refractivity contribution in [3.05, 3.63) is 259 Å². The van der Waals surface area contributed by atoms with Crippen molar-refractivity contribution in [3.63, 3.8) is 0 Å². The number of hydrogen-bond donors (Lipinski definition) is 0. The number of thiophene rings is 1. The van der Waals surface area contributed by atoms with Gasteiger partial charge in [0.05, 0.1) is 5.41 Å². The first-order chi connectivity index (χ1) is 37.7. The molecule has 17 rings (SSSR count). The number of fused-ring (bicyclic) bond motifs is 19. The van der Waals surface area contributed by atoms with Crippen molar-refractivity contribution in [1.29, 1.82) is 0 Å². The molecule has 4 aromatic heterocycles. The smallest absolute Gasteiger partial charge is 0.165 e. The van der Waals surface area contributed by atoms with Gasteiger partial charge in [0.1, 0.15) is 22.3 Å². The number of benzene rings is 11. The van der Waals surface area contributed by atoms with Gasteiger partial charge in [0, 0.05) is 58.4 Å². The van der Waals surface area contributed by atoms with E-state index in [1.54, 1.807) is 11.3 Å². The first kappa shape index (κ1) is 41.7. The van der Waals surface area contributed by atoms with Crippen LogP contribution in [0.2, 0.25) is 0 Å². The number of aromatic nitrogens is 3. The van der Waals surface area contributed by atoms with Gasteiger partial charge in [-0.15, -0.1) is 11.3 Å². The molecule has 0 atom stereocenters. The Morgan fingerprint density at radius 3 is 1.55 bits per heavy atom. The van der Waals surface area contributed by atoms with Crippen LogP contribution in [-0.2, 0) is 5.41 Å². The van der Waals surface area contributed by atoms with E-state index < -0.39 is 5.41 Å². The van der Waals surface area contributed by atoms with E-state index in [1.807, 2.05) is 36.4 Å². The predicted octanol–water partition coefficient (Wildman–Crippen LogP) is 18.7. The fourth-order valence-electron chi connectivity index (χ4n) is 13.0. The molecule has 11 aromatic carbocycles. The lowest BCUT2D eigenvalue weighted by Gasteiger charge is -2.30. The third kappa shape index (κ3) is 5.71. The highest BCUT2D eigenvalue weighted by Crippen LogP contribution is 2.63. The van der Waals surface area contributed by atoms with Crippen LogP contribution in [0.5, 0.6) is 0 Å². The Labute approximate surface area is 439 Å². The van der Waals surface area contributed by atoms with Gasteiger partial charge in [-0.2, -0.15) is 0 Å². The van der Waals surface area contributed by atoms with Crippen molar-refractivity contribution in [3.8, 4) is 78.7 Å². The quantitative estimate of drug-likeness (QED) is 0.172. The Morgan fingerprint density at radius 1 is 0.303 bits per heavy atom. The lowest BCUT2D eigenvalue weighted by molar-refractivity contribution is 0.668. The van der Waals surface area contributed by atoms with Crippen LogP contribution in [0.4, 0.5) is 0 Å². The summed E-state index contributed by atoms with van der Waals surface area (Å²) in [5.74, 6) is 1.70. The van der Waals surface area contributed by atoms with Gasteiger partial charge in [0.15, 0.2) is 17.5 Å². The van der Waals surface area contributed by atoms with E-state index in [4.69, 9.17) is 23.8 Å². The van der Waals surface area contributed by atoms with Crippen LogP contribution < -0.4 is 0 Å². The van der Waals surface area contributed by atoms with E-state index in [0.717, 1.165) is 87.5 Å². The molecule has 0 saturated carbocycles. The van der Waals surface area contributed by atoms with Crippen molar-refractivity contribution in [2.24, 2.45) is 0 Å². The monoisotopic (exact) mass is 985 g/mol. The molecule has 352 valence electrons. The molecule has 5 nitrogen and oxygen atoms in total. The molecule has 0 unspecified atom stereocenters. The third-order valence-electron chi connectivity index (χ3n) is 16.2. The molecular weight excluding hydrogens is 947 g/mol. The van der Waals surface area contributed by atoms with Crippen molar-refractivity contribution in [2.75, 3.05) is 0 Å². The van der Waals surface area contributed by atoms with Gasteiger partial charge in [-0.1, -0.05) is 182 Å². The van der Waals surface area contributed by atoms with E-state index in [-0.39, 0.29) is 0 Å². The summed E-state index contributed by atoms with van der Waals surface area (Å²) in [6, 6.07) is 85.0. The van der Waals surface area contributed by atoms with E-state index in [0.29, 0.717) is 17.5 Å². The van der Waals surface area contributed by atoms with Crippen LogP contribution in [0.1, 0.15) is 22.3 Å². The molecule has 2 aliphatic carbocycles. The molecule has 0 fully saturated rings. The lowest BCUT2D eigenvalue weighted by atomic mass is 9.70. The maximum Gasteiger partial charge on any atom is 0.165 e. The van der Waals surface area contributed by atoms with Crippen molar-refractivity contribution >= 4 is 75.4 Å². The van der Waals surface area contributed by atoms with Crippen LogP contribution in [-0.4, -0.2) is 15.0 Å². The molecule has 6 heteroatoms. The predicted molar refractivity (Wildman–Crippen MR) is 311 cm³/mol. The summed E-state index contributed by atoms with van der Waals surface area (Å²) < 4.78 is 15.5. The molecule has 4 heterocycles. The standard InChI is InChI=1S/C70H39N3O2S/c1-7-27-54-44(18-1)45-19-2-8-28-55(45)70(54)56-29-9-3-20-46(56)53-39-41(34-36-57(53)70)40-16-13-17-42(38-40)43-35-37-61-64(50-23-5-11-31-59(50)75-61)65(43)69-72-67(51-25-15-32-60-63(51)49-22-4-10-30-58(49)74-60)71-68(73-69)52-26-14-24-48-47-21-6-12-33-62(47)76-66(48)52/h1-39H. The Kier molecular flexibility index (Phi) is 8.58. The number of nitrogens with zero attached hydrogens (tertiary/aromatic N) is 3. The second-order valence-corrected chi connectivity index (χ2v) is 21.1. The summed E-state index contributed by atoms with van der Waals surface area (Å²) in [4.78, 5) is 16.6. The number of rotatable bonds is 5. The fraction of sp³-hybridized carbons (Fsp3) is 0.0143. The van der Waals surface area contributed by atoms with Gasteiger partial charge in [-0.3, -0.25) is 0 Å². The number of para-hydroxylation sites is 2. The van der Waals surface area contributed by atoms with Crippen molar-refractivity contribution in [2.45, 2.75) is 5.41 Å². The van der Waals surface area contributed by atoms with Crippen molar-refractivity contribution in [1.82, 2.24) is 15.0 Å². The first-order valence-corrected chi connectivity index (χ1v) is 26.6. The highest BCUT2D eigenvalue weighted by atomic mass is 32.1. The van der Waals surface area contributed by atoms with Gasteiger partial charge < -0.3 is 8.83 Å². The average Bonchev–Trinajstić information content (AvgIpc) is 4.41. The molecule has 2 aliphatic rings. The molecule has 0 saturated heterocycles. The highest BCUT2D eigenvalue weighted by molar-refractivity contribution is 7.26. The maximum absolute atomic E-state index is 6.69. The van der Waals surface area contributed by atoms with Gasteiger partial charge in [0.2, 0.25) is 0 Å². The molecule has 0 radical (unpaired) electrons. The summed E-state index contributed by atoms with van der Waals surface area (Å²) in [7, 11) is 0. The topological polar surface area (TPSA) is 65.0 Å². The van der Waals surface area contributed by atoms with Crippen LogP contribution in [0.15, 0.2) is 245 Å². The van der Waals surface area contributed by atoms with E-state index in [1.165, 1.54) is 60.0 Å². The highest BCUT2D eigenvalue weighted by Gasteiger charge is 2.51. The van der Waals surface area contributed by atoms with E-state index in [2.05, 4.69) is 200 Å². The van der Waals surface area contributed by atoms with Gasteiger partial charge >= 0.3 is 0 Å². The Balaban J connectivity index is 0.901. The summed E-state index contributed by atoms with van der Waals surface area (Å²) in [6.45, 7) is 0.